The molecule has 2 rings (SSSR count). The normalized spacial score (nSPS) is 28.2. The summed E-state index contributed by atoms with van der Waals surface area (Å²) in [6.45, 7) is 3.85. The van der Waals surface area contributed by atoms with E-state index in [2.05, 4.69) is 5.43 Å². The van der Waals surface area contributed by atoms with Crippen LogP contribution >= 0.6 is 0 Å². The Morgan fingerprint density at radius 3 is 2.31 bits per heavy atom. The quantitative estimate of drug-likeness (QED) is 0.756. The van der Waals surface area contributed by atoms with Crippen LogP contribution in [0.1, 0.15) is 11.4 Å². The van der Waals surface area contributed by atoms with Gasteiger partial charge in [-0.3, -0.25) is 4.68 Å². The Bertz CT molecular complexity index is 473. The lowest BCUT2D eigenvalue weighted by Crippen LogP contribution is -2.38. The predicted molar refractivity (Wildman–Crippen MR) is 61.7 cm³/mol. The lowest BCUT2D eigenvalue weighted by atomic mass is 10.2. The van der Waals surface area contributed by atoms with Crippen LogP contribution in [-0.4, -0.2) is 41.9 Å². The van der Waals surface area contributed by atoms with E-state index in [4.69, 9.17) is 0 Å². The fourth-order valence-electron chi connectivity index (χ4n) is 1.99. The van der Waals surface area contributed by atoms with Gasteiger partial charge in [0.2, 0.25) is 0 Å². The molecule has 2 heterocycles. The van der Waals surface area contributed by atoms with Crippen molar-refractivity contribution in [2.45, 2.75) is 26.0 Å². The van der Waals surface area contributed by atoms with Crippen molar-refractivity contribution in [3.05, 3.63) is 23.5 Å². The minimum Gasteiger partial charge on any atom is -0.390 e. The van der Waals surface area contributed by atoms with Crippen LogP contribution in [0, 0.1) is 13.8 Å². The second-order valence-corrected chi connectivity index (χ2v) is 6.49. The van der Waals surface area contributed by atoms with Crippen molar-refractivity contribution < 1.29 is 13.5 Å². The van der Waals surface area contributed by atoms with E-state index in [0.717, 1.165) is 11.4 Å². The van der Waals surface area contributed by atoms with Crippen molar-refractivity contribution in [1.82, 2.24) is 4.68 Å². The van der Waals surface area contributed by atoms with E-state index in [1.54, 1.807) is 0 Å². The first-order valence-electron chi connectivity index (χ1n) is 5.19. The summed E-state index contributed by atoms with van der Waals surface area (Å²) in [5.74, 6) is -0.157. The smallest absolute Gasteiger partial charge is 0.155 e. The molecule has 1 saturated heterocycles. The third kappa shape index (κ3) is 2.08. The highest BCUT2D eigenvalue weighted by molar-refractivity contribution is 7.91. The summed E-state index contributed by atoms with van der Waals surface area (Å²) in [5, 5.41) is 9.65. The summed E-state index contributed by atoms with van der Waals surface area (Å²) in [4.78, 5) is 0. The average Bonchev–Trinajstić information content (AvgIpc) is 2.59. The zero-order valence-corrected chi connectivity index (χ0v) is 10.2. The lowest BCUT2D eigenvalue weighted by Gasteiger charge is -2.20. The van der Waals surface area contributed by atoms with E-state index >= 15 is 0 Å². The van der Waals surface area contributed by atoms with Crippen LogP contribution in [0.5, 0.6) is 0 Å². The highest BCUT2D eigenvalue weighted by atomic mass is 32.2. The zero-order valence-electron chi connectivity index (χ0n) is 9.34. The third-order valence-electron chi connectivity index (χ3n) is 2.89. The number of rotatable bonds is 2. The van der Waals surface area contributed by atoms with Gasteiger partial charge in [0.25, 0.3) is 0 Å². The Balaban J connectivity index is 2.18. The minimum absolute atomic E-state index is 0.00870. The fraction of sp³-hybridized carbons (Fsp3) is 0.600. The number of nitrogens with one attached hydrogen (secondary N) is 1. The highest BCUT2D eigenvalue weighted by Crippen LogP contribution is 2.15. The van der Waals surface area contributed by atoms with Crippen molar-refractivity contribution in [3.8, 4) is 0 Å². The Hall–Kier alpha value is -1.01. The molecule has 0 radical (unpaired) electrons. The molecule has 16 heavy (non-hydrogen) atoms. The van der Waals surface area contributed by atoms with Gasteiger partial charge in [-0.25, -0.2) is 8.42 Å². The van der Waals surface area contributed by atoms with Gasteiger partial charge in [0.15, 0.2) is 9.84 Å². The van der Waals surface area contributed by atoms with Crippen LogP contribution < -0.4 is 5.43 Å². The molecule has 1 aromatic heterocycles. The SMILES string of the molecule is Cc1ccc(C)n1NC1CS(=O)(=O)CC1O. The van der Waals surface area contributed by atoms with Crippen LogP contribution in [0.15, 0.2) is 12.1 Å². The molecule has 90 valence electrons. The summed E-state index contributed by atoms with van der Waals surface area (Å²) in [7, 11) is -3.10. The molecule has 0 amide bonds. The molecule has 0 aromatic carbocycles. The molecular formula is C10H16N2O3S. The van der Waals surface area contributed by atoms with Gasteiger partial charge in [0, 0.05) is 11.4 Å². The molecule has 0 aliphatic carbocycles. The molecule has 6 heteroatoms. The average molecular weight is 244 g/mol. The molecule has 1 aliphatic heterocycles. The van der Waals surface area contributed by atoms with E-state index in [9.17, 15) is 13.5 Å². The summed E-state index contributed by atoms with van der Waals surface area (Å²) in [5.41, 5.74) is 5.04. The first-order chi connectivity index (χ1) is 7.39. The topological polar surface area (TPSA) is 71.3 Å². The number of aromatic nitrogens is 1. The van der Waals surface area contributed by atoms with Crippen molar-refractivity contribution in [2.24, 2.45) is 0 Å². The van der Waals surface area contributed by atoms with Crippen molar-refractivity contribution in [2.75, 3.05) is 16.9 Å². The van der Waals surface area contributed by atoms with Crippen LogP contribution in [0.3, 0.4) is 0 Å². The molecule has 2 unspecified atom stereocenters. The monoisotopic (exact) mass is 244 g/mol. The summed E-state index contributed by atoms with van der Waals surface area (Å²) >= 11 is 0. The molecule has 0 bridgehead atoms. The Morgan fingerprint density at radius 1 is 1.31 bits per heavy atom. The summed E-state index contributed by atoms with van der Waals surface area (Å²) in [6, 6.07) is 3.46. The first kappa shape index (κ1) is 11.5. The second kappa shape index (κ2) is 3.78. The van der Waals surface area contributed by atoms with Crippen LogP contribution in [0.2, 0.25) is 0 Å². The van der Waals surface area contributed by atoms with Crippen molar-refractivity contribution in [3.63, 3.8) is 0 Å². The van der Waals surface area contributed by atoms with E-state index in [1.165, 1.54) is 0 Å². The fourth-order valence-corrected chi connectivity index (χ4v) is 3.72. The molecule has 1 fully saturated rings. The minimum atomic E-state index is -3.10. The van der Waals surface area contributed by atoms with Crippen LogP contribution in [0.25, 0.3) is 0 Å². The molecule has 2 N–H and O–H groups in total. The maximum atomic E-state index is 11.3. The van der Waals surface area contributed by atoms with Crippen LogP contribution in [-0.2, 0) is 9.84 Å². The number of nitrogens with zero attached hydrogens (tertiary/aromatic N) is 1. The Labute approximate surface area is 95.0 Å². The molecule has 5 nitrogen and oxygen atoms in total. The number of sulfone groups is 1. The van der Waals surface area contributed by atoms with Crippen molar-refractivity contribution >= 4 is 9.84 Å². The van der Waals surface area contributed by atoms with Gasteiger partial charge in [-0.15, -0.1) is 0 Å². The molecule has 0 saturated carbocycles. The van der Waals surface area contributed by atoms with E-state index in [-0.39, 0.29) is 11.5 Å². The maximum absolute atomic E-state index is 11.3. The molecule has 0 spiro atoms. The standard InChI is InChI=1S/C10H16N2O3S/c1-7-3-4-8(2)12(7)11-9-5-16(14,15)6-10(9)13/h3-4,9-11,13H,5-6H2,1-2H3. The number of aliphatic hydroxyl groups is 1. The van der Waals surface area contributed by atoms with Gasteiger partial charge in [-0.1, -0.05) is 0 Å². The summed E-state index contributed by atoms with van der Waals surface area (Å²) < 4.78 is 24.5. The number of aliphatic hydroxyl groups excluding tert-OH is 1. The van der Waals surface area contributed by atoms with Gasteiger partial charge in [-0.05, 0) is 26.0 Å². The molecular weight excluding hydrogens is 228 g/mol. The van der Waals surface area contributed by atoms with Gasteiger partial charge in [0.05, 0.1) is 23.7 Å². The largest absolute Gasteiger partial charge is 0.390 e. The molecule has 2 atom stereocenters. The Morgan fingerprint density at radius 2 is 1.88 bits per heavy atom. The number of aryl methyl sites for hydroxylation is 2. The van der Waals surface area contributed by atoms with Gasteiger partial charge < -0.3 is 10.5 Å². The van der Waals surface area contributed by atoms with E-state index in [1.807, 2.05) is 30.7 Å². The first-order valence-corrected chi connectivity index (χ1v) is 7.01. The summed E-state index contributed by atoms with van der Waals surface area (Å²) in [6.07, 6.45) is -0.828. The van der Waals surface area contributed by atoms with Crippen molar-refractivity contribution in [1.29, 1.82) is 0 Å². The third-order valence-corrected chi connectivity index (χ3v) is 4.61. The Kier molecular flexibility index (Phi) is 2.71. The van der Waals surface area contributed by atoms with Crippen LogP contribution in [0.4, 0.5) is 0 Å². The number of hydrogen-bond acceptors (Lipinski definition) is 4. The molecule has 1 aromatic rings. The van der Waals surface area contributed by atoms with Gasteiger partial charge in [-0.2, -0.15) is 0 Å². The van der Waals surface area contributed by atoms with E-state index < -0.39 is 22.0 Å². The van der Waals surface area contributed by atoms with Gasteiger partial charge >= 0.3 is 0 Å². The number of hydrogen-bond donors (Lipinski definition) is 2. The second-order valence-electron chi connectivity index (χ2n) is 4.33. The maximum Gasteiger partial charge on any atom is 0.155 e. The zero-order chi connectivity index (χ0) is 11.9. The predicted octanol–water partition coefficient (Wildman–Crippen LogP) is -0.194. The molecule has 1 aliphatic rings. The highest BCUT2D eigenvalue weighted by Gasteiger charge is 2.36. The van der Waals surface area contributed by atoms with Gasteiger partial charge in [0.1, 0.15) is 0 Å². The van der Waals surface area contributed by atoms with E-state index in [0.29, 0.717) is 0 Å². The lowest BCUT2D eigenvalue weighted by molar-refractivity contribution is 0.185.